The van der Waals surface area contributed by atoms with Gasteiger partial charge in [0, 0.05) is 25.2 Å². The molecule has 4 heteroatoms. The lowest BCUT2D eigenvalue weighted by Crippen LogP contribution is -2.48. The first-order chi connectivity index (χ1) is 8.63. The van der Waals surface area contributed by atoms with Crippen molar-refractivity contribution in [1.82, 2.24) is 4.90 Å². The molecule has 2 rings (SSSR count). The molecule has 0 saturated carbocycles. The van der Waals surface area contributed by atoms with Crippen molar-refractivity contribution in [1.29, 1.82) is 0 Å². The molecule has 1 fully saturated rings. The third kappa shape index (κ3) is 2.54. The van der Waals surface area contributed by atoms with E-state index in [9.17, 15) is 4.79 Å². The summed E-state index contributed by atoms with van der Waals surface area (Å²) in [7, 11) is 0. The Morgan fingerprint density at radius 2 is 2.28 bits per heavy atom. The molecule has 1 aliphatic heterocycles. The van der Waals surface area contributed by atoms with Gasteiger partial charge in [0.25, 0.3) is 5.91 Å². The van der Waals surface area contributed by atoms with Crippen LogP contribution in [0.5, 0.6) is 0 Å². The van der Waals surface area contributed by atoms with E-state index < -0.39 is 0 Å². The molecule has 0 unspecified atom stereocenters. The summed E-state index contributed by atoms with van der Waals surface area (Å²) in [6, 6.07) is 5.84. The molecule has 0 aromatic heterocycles. The third-order valence-electron chi connectivity index (χ3n) is 3.52. The Labute approximate surface area is 108 Å². The first-order valence-electron chi connectivity index (χ1n) is 6.30. The fraction of sp³-hybridized carbons (Fsp3) is 0.500. The molecule has 2 N–H and O–H groups in total. The van der Waals surface area contributed by atoms with Crippen molar-refractivity contribution in [3.05, 3.63) is 34.9 Å². The summed E-state index contributed by atoms with van der Waals surface area (Å²) in [6.45, 7) is 6.26. The highest BCUT2D eigenvalue weighted by molar-refractivity contribution is 5.96. The Balaban J connectivity index is 2.18. The van der Waals surface area contributed by atoms with E-state index in [1.165, 1.54) is 0 Å². The molecule has 4 nitrogen and oxygen atoms in total. The van der Waals surface area contributed by atoms with Crippen molar-refractivity contribution in [2.75, 3.05) is 26.2 Å². The van der Waals surface area contributed by atoms with Crippen LogP contribution >= 0.6 is 0 Å². The standard InChI is InChI=1S/C14H20N2O2/c1-10-4-3-5-13(11(10)2)14(17)16-6-7-18-12(8-15)9-16/h3-5,12H,6-9,15H2,1-2H3/t12-/m1/s1. The predicted molar refractivity (Wildman–Crippen MR) is 70.6 cm³/mol. The number of nitrogens with zero attached hydrogens (tertiary/aromatic N) is 1. The molecule has 0 bridgehead atoms. The van der Waals surface area contributed by atoms with Gasteiger partial charge in [0.1, 0.15) is 0 Å². The Hall–Kier alpha value is -1.39. The largest absolute Gasteiger partial charge is 0.373 e. The summed E-state index contributed by atoms with van der Waals surface area (Å²) in [5.41, 5.74) is 8.58. The fourth-order valence-corrected chi connectivity index (χ4v) is 2.20. The van der Waals surface area contributed by atoms with Gasteiger partial charge in [-0.1, -0.05) is 12.1 Å². The smallest absolute Gasteiger partial charge is 0.254 e. The van der Waals surface area contributed by atoms with Crippen LogP contribution in [0.25, 0.3) is 0 Å². The molecule has 1 heterocycles. The van der Waals surface area contributed by atoms with Crippen LogP contribution in [-0.2, 0) is 4.74 Å². The predicted octanol–water partition coefficient (Wildman–Crippen LogP) is 1.10. The number of amides is 1. The number of carbonyl (C=O) groups excluding carboxylic acids is 1. The van der Waals surface area contributed by atoms with Gasteiger partial charge in [-0.15, -0.1) is 0 Å². The number of morpholine rings is 1. The van der Waals surface area contributed by atoms with E-state index in [0.29, 0.717) is 26.2 Å². The Morgan fingerprint density at radius 3 is 3.00 bits per heavy atom. The molecule has 0 aliphatic carbocycles. The Kier molecular flexibility index (Phi) is 3.99. The summed E-state index contributed by atoms with van der Waals surface area (Å²) < 4.78 is 5.48. The summed E-state index contributed by atoms with van der Waals surface area (Å²) in [4.78, 5) is 14.3. The van der Waals surface area contributed by atoms with Crippen LogP contribution in [0.3, 0.4) is 0 Å². The van der Waals surface area contributed by atoms with Crippen LogP contribution < -0.4 is 5.73 Å². The van der Waals surface area contributed by atoms with Crippen LogP contribution in [0.2, 0.25) is 0 Å². The van der Waals surface area contributed by atoms with Gasteiger partial charge in [-0.25, -0.2) is 0 Å². The van der Waals surface area contributed by atoms with Crippen molar-refractivity contribution in [3.8, 4) is 0 Å². The normalized spacial score (nSPS) is 19.9. The molecular weight excluding hydrogens is 228 g/mol. The Bertz CT molecular complexity index is 445. The monoisotopic (exact) mass is 248 g/mol. The van der Waals surface area contributed by atoms with E-state index in [2.05, 4.69) is 0 Å². The van der Waals surface area contributed by atoms with Gasteiger partial charge in [0.2, 0.25) is 0 Å². The summed E-state index contributed by atoms with van der Waals surface area (Å²) in [6.07, 6.45) is -0.0344. The lowest BCUT2D eigenvalue weighted by Gasteiger charge is -2.32. The quantitative estimate of drug-likeness (QED) is 0.852. The number of hydrogen-bond acceptors (Lipinski definition) is 3. The first-order valence-corrected chi connectivity index (χ1v) is 6.30. The van der Waals surface area contributed by atoms with Gasteiger partial charge in [0.15, 0.2) is 0 Å². The van der Waals surface area contributed by atoms with Gasteiger partial charge >= 0.3 is 0 Å². The van der Waals surface area contributed by atoms with E-state index in [1.807, 2.05) is 36.9 Å². The molecule has 1 aromatic rings. The molecule has 1 atom stereocenters. The minimum Gasteiger partial charge on any atom is -0.373 e. The highest BCUT2D eigenvalue weighted by atomic mass is 16.5. The van der Waals surface area contributed by atoms with E-state index in [-0.39, 0.29) is 12.0 Å². The van der Waals surface area contributed by atoms with E-state index in [0.717, 1.165) is 16.7 Å². The number of rotatable bonds is 2. The molecule has 1 aromatic carbocycles. The highest BCUT2D eigenvalue weighted by Gasteiger charge is 2.25. The van der Waals surface area contributed by atoms with Gasteiger partial charge in [-0.2, -0.15) is 0 Å². The maximum absolute atomic E-state index is 12.5. The minimum absolute atomic E-state index is 0.0344. The van der Waals surface area contributed by atoms with Crippen molar-refractivity contribution in [2.24, 2.45) is 5.73 Å². The van der Waals surface area contributed by atoms with Gasteiger partial charge in [-0.05, 0) is 31.0 Å². The third-order valence-corrected chi connectivity index (χ3v) is 3.52. The van der Waals surface area contributed by atoms with Crippen molar-refractivity contribution in [2.45, 2.75) is 20.0 Å². The zero-order valence-electron chi connectivity index (χ0n) is 11.0. The van der Waals surface area contributed by atoms with Gasteiger partial charge in [-0.3, -0.25) is 4.79 Å². The van der Waals surface area contributed by atoms with Crippen LogP contribution in [0, 0.1) is 13.8 Å². The number of carbonyl (C=O) groups is 1. The van der Waals surface area contributed by atoms with Crippen molar-refractivity contribution < 1.29 is 9.53 Å². The van der Waals surface area contributed by atoms with Gasteiger partial charge in [0.05, 0.1) is 12.7 Å². The van der Waals surface area contributed by atoms with Crippen LogP contribution in [0.1, 0.15) is 21.5 Å². The summed E-state index contributed by atoms with van der Waals surface area (Å²) in [5, 5.41) is 0. The zero-order chi connectivity index (χ0) is 13.1. The minimum atomic E-state index is -0.0344. The van der Waals surface area contributed by atoms with E-state index in [1.54, 1.807) is 0 Å². The molecule has 1 saturated heterocycles. The zero-order valence-corrected chi connectivity index (χ0v) is 11.0. The molecule has 1 amide bonds. The average Bonchev–Trinajstić information content (AvgIpc) is 2.41. The van der Waals surface area contributed by atoms with E-state index >= 15 is 0 Å². The number of benzene rings is 1. The number of ether oxygens (including phenoxy) is 1. The highest BCUT2D eigenvalue weighted by Crippen LogP contribution is 2.16. The fourth-order valence-electron chi connectivity index (χ4n) is 2.20. The molecule has 18 heavy (non-hydrogen) atoms. The van der Waals surface area contributed by atoms with Crippen molar-refractivity contribution >= 4 is 5.91 Å². The second kappa shape index (κ2) is 5.50. The summed E-state index contributed by atoms with van der Waals surface area (Å²) >= 11 is 0. The second-order valence-corrected chi connectivity index (χ2v) is 4.73. The molecular formula is C14H20N2O2. The number of hydrogen-bond donors (Lipinski definition) is 1. The number of aryl methyl sites for hydroxylation is 1. The topological polar surface area (TPSA) is 55.6 Å². The maximum Gasteiger partial charge on any atom is 0.254 e. The van der Waals surface area contributed by atoms with Gasteiger partial charge < -0.3 is 15.4 Å². The average molecular weight is 248 g/mol. The second-order valence-electron chi connectivity index (χ2n) is 4.73. The maximum atomic E-state index is 12.5. The van der Waals surface area contributed by atoms with Crippen LogP contribution in [0.4, 0.5) is 0 Å². The number of nitrogens with two attached hydrogens (primary N) is 1. The lowest BCUT2D eigenvalue weighted by atomic mass is 10.0. The molecule has 1 aliphatic rings. The lowest BCUT2D eigenvalue weighted by molar-refractivity contribution is -0.0167. The van der Waals surface area contributed by atoms with Crippen molar-refractivity contribution in [3.63, 3.8) is 0 Å². The SMILES string of the molecule is Cc1cccc(C(=O)N2CCO[C@H](CN)C2)c1C. The first kappa shape index (κ1) is 13.1. The molecule has 0 spiro atoms. The molecule has 98 valence electrons. The summed E-state index contributed by atoms with van der Waals surface area (Å²) in [5.74, 6) is 0.0814. The molecule has 0 radical (unpaired) electrons. The Morgan fingerprint density at radius 1 is 1.50 bits per heavy atom. The van der Waals surface area contributed by atoms with E-state index in [4.69, 9.17) is 10.5 Å². The van der Waals surface area contributed by atoms with Crippen LogP contribution in [-0.4, -0.2) is 43.2 Å². The van der Waals surface area contributed by atoms with Crippen LogP contribution in [0.15, 0.2) is 18.2 Å².